The van der Waals surface area contributed by atoms with Crippen molar-refractivity contribution in [3.63, 3.8) is 0 Å². The van der Waals surface area contributed by atoms with Crippen LogP contribution in [-0.2, 0) is 50.7 Å². The number of anilines is 1. The lowest BCUT2D eigenvalue weighted by Crippen LogP contribution is -2.46. The number of hydrogen-bond acceptors (Lipinski definition) is 19. The number of carbonyl (C=O) groups is 3. The molecule has 0 aromatic carbocycles. The molecule has 1 saturated heterocycles. The van der Waals surface area contributed by atoms with E-state index in [1.165, 1.54) is 13.8 Å². The van der Waals surface area contributed by atoms with Crippen LogP contribution in [0.1, 0.15) is 59.1 Å². The van der Waals surface area contributed by atoms with Crippen LogP contribution in [0.4, 0.5) is 5.82 Å². The van der Waals surface area contributed by atoms with Crippen molar-refractivity contribution in [1.82, 2.24) is 30.2 Å². The maximum Gasteiger partial charge on any atom is 0.481 e. The lowest BCUT2D eigenvalue weighted by atomic mass is 9.87. The first-order chi connectivity index (χ1) is 27.4. The summed E-state index contributed by atoms with van der Waals surface area (Å²) in [5.74, 6) is -1.15. The fourth-order valence-electron chi connectivity index (χ4n) is 5.31. The minimum Gasteiger partial charge on any atom is -0.389 e. The highest BCUT2D eigenvalue weighted by molar-refractivity contribution is 8.13. The molecular weight excluding hydrogens is 871 g/mol. The summed E-state index contributed by atoms with van der Waals surface area (Å²) in [6.45, 7) is 2.24. The van der Waals surface area contributed by atoms with Gasteiger partial charge in [0.15, 0.2) is 22.8 Å². The molecule has 1 aliphatic rings. The molecule has 0 bridgehead atoms. The predicted octanol–water partition coefficient (Wildman–Crippen LogP) is 0.162. The summed E-state index contributed by atoms with van der Waals surface area (Å²) >= 11 is 1.06. The summed E-state index contributed by atoms with van der Waals surface area (Å²) in [5.41, 5.74) is 4.25. The molecule has 3 heterocycles. The van der Waals surface area contributed by atoms with Crippen LogP contribution in [0.5, 0.6) is 0 Å². The van der Waals surface area contributed by atoms with Crippen molar-refractivity contribution in [2.45, 2.75) is 89.6 Å². The highest BCUT2D eigenvalue weighted by atomic mass is 32.2. The standard InChI is InChI=1S/C30H50N7O18P3S/c1-4-7-18(38)8-5-6-9-21(40)59-13-12-32-20(39)10-11-33-28(43)25(42)30(2,3)15-52-58(49,50)55-57(47,48)51-14-19-24(54-56(44,45)46)23(41)29(53-19)37-17-36-22-26(31)34-16-35-27(22)37/h4,7,16-19,23-25,29,38,41-42H,5-6,8-15H2,1-3H3,(H,32,39)(H,33,43)(H,47,48)(H,49,50)(H2,31,34,35)(H2,44,45,46)/b7-4+. The zero-order valence-electron chi connectivity index (χ0n) is 32.1. The quantitative estimate of drug-likeness (QED) is 0.0360. The van der Waals surface area contributed by atoms with Crippen molar-refractivity contribution in [1.29, 1.82) is 0 Å². The lowest BCUT2D eigenvalue weighted by Gasteiger charge is -2.30. The molecule has 8 atom stereocenters. The van der Waals surface area contributed by atoms with E-state index in [2.05, 4.69) is 34.4 Å². The van der Waals surface area contributed by atoms with Crippen LogP contribution in [0, 0.1) is 5.41 Å². The number of aliphatic hydroxyl groups is 3. The molecule has 8 unspecified atom stereocenters. The van der Waals surface area contributed by atoms with E-state index in [0.29, 0.717) is 31.4 Å². The number of aliphatic hydroxyl groups excluding tert-OH is 3. The van der Waals surface area contributed by atoms with Crippen LogP contribution in [-0.4, -0.2) is 134 Å². The van der Waals surface area contributed by atoms with E-state index in [-0.39, 0.29) is 41.6 Å². The van der Waals surface area contributed by atoms with Crippen LogP contribution >= 0.6 is 35.2 Å². The second-order valence-corrected chi connectivity index (χ2v) is 19.0. The van der Waals surface area contributed by atoms with Gasteiger partial charge in [-0.25, -0.2) is 28.6 Å². The molecule has 0 aliphatic carbocycles. The molecule has 0 radical (unpaired) electrons. The monoisotopic (exact) mass is 921 g/mol. The van der Waals surface area contributed by atoms with Crippen LogP contribution < -0.4 is 16.4 Å². The van der Waals surface area contributed by atoms with Crippen molar-refractivity contribution < 1.29 is 85.6 Å². The van der Waals surface area contributed by atoms with Gasteiger partial charge in [-0.05, 0) is 19.8 Å². The van der Waals surface area contributed by atoms with Gasteiger partial charge in [0, 0.05) is 37.1 Å². The van der Waals surface area contributed by atoms with Gasteiger partial charge in [0.05, 0.1) is 25.6 Å². The first-order valence-corrected chi connectivity index (χ1v) is 23.3. The smallest absolute Gasteiger partial charge is 0.389 e. The van der Waals surface area contributed by atoms with Crippen molar-refractivity contribution in [3.05, 3.63) is 24.8 Å². The molecule has 0 spiro atoms. The molecule has 1 fully saturated rings. The fraction of sp³-hybridized carbons (Fsp3) is 0.667. The topological polar surface area (TPSA) is 384 Å². The highest BCUT2D eigenvalue weighted by Crippen LogP contribution is 2.61. The van der Waals surface area contributed by atoms with Crippen LogP contribution in [0.25, 0.3) is 11.2 Å². The summed E-state index contributed by atoms with van der Waals surface area (Å²) in [4.78, 5) is 87.7. The number of phosphoric acid groups is 3. The predicted molar refractivity (Wildman–Crippen MR) is 206 cm³/mol. The number of nitrogens with one attached hydrogen (secondary N) is 2. The number of nitrogens with zero attached hydrogens (tertiary/aromatic N) is 4. The summed E-state index contributed by atoms with van der Waals surface area (Å²) in [6, 6.07) is 0. The Bertz CT molecular complexity index is 1920. The largest absolute Gasteiger partial charge is 0.481 e. The van der Waals surface area contributed by atoms with Gasteiger partial charge < -0.3 is 56.0 Å². The van der Waals surface area contributed by atoms with Crippen molar-refractivity contribution >= 4 is 69.1 Å². The second kappa shape index (κ2) is 22.4. The molecule has 334 valence electrons. The van der Waals surface area contributed by atoms with E-state index in [0.717, 1.165) is 29.0 Å². The number of fused-ring (bicyclic) bond motifs is 1. The van der Waals surface area contributed by atoms with Crippen molar-refractivity contribution in [2.75, 3.05) is 37.8 Å². The zero-order chi connectivity index (χ0) is 44.2. The minimum absolute atomic E-state index is 0.0270. The maximum atomic E-state index is 12.7. The molecule has 2 amide bonds. The lowest BCUT2D eigenvalue weighted by molar-refractivity contribution is -0.137. The van der Waals surface area contributed by atoms with Crippen LogP contribution in [0.15, 0.2) is 24.8 Å². The average molecular weight is 922 g/mol. The molecule has 59 heavy (non-hydrogen) atoms. The Morgan fingerprint density at radius 3 is 2.41 bits per heavy atom. The third-order valence-electron chi connectivity index (χ3n) is 8.31. The van der Waals surface area contributed by atoms with E-state index in [1.807, 2.05) is 0 Å². The first kappa shape index (κ1) is 50.6. The molecular formula is C30H50N7O18P3S. The Labute approximate surface area is 341 Å². The maximum absolute atomic E-state index is 12.7. The molecule has 11 N–H and O–H groups in total. The van der Waals surface area contributed by atoms with Gasteiger partial charge in [0.2, 0.25) is 11.8 Å². The number of amides is 2. The number of hydrogen-bond donors (Lipinski definition) is 10. The molecule has 1 aliphatic heterocycles. The summed E-state index contributed by atoms with van der Waals surface area (Å²) in [5, 5.41) is 36.0. The van der Waals surface area contributed by atoms with Crippen LogP contribution in [0.2, 0.25) is 0 Å². The van der Waals surface area contributed by atoms with Gasteiger partial charge in [0.25, 0.3) is 0 Å². The van der Waals surface area contributed by atoms with Gasteiger partial charge in [0.1, 0.15) is 36.3 Å². The van der Waals surface area contributed by atoms with Crippen molar-refractivity contribution in [3.8, 4) is 0 Å². The normalized spacial score (nSPS) is 21.9. The Hall–Kier alpha value is -2.74. The Kier molecular flexibility index (Phi) is 19.2. The van der Waals surface area contributed by atoms with Gasteiger partial charge >= 0.3 is 23.5 Å². The fourth-order valence-corrected chi connectivity index (χ4v) is 8.86. The van der Waals surface area contributed by atoms with Gasteiger partial charge in [-0.1, -0.05) is 44.2 Å². The molecule has 25 nitrogen and oxygen atoms in total. The number of unbranched alkanes of at least 4 members (excludes halogenated alkanes) is 1. The van der Waals surface area contributed by atoms with Crippen molar-refractivity contribution in [2.24, 2.45) is 5.41 Å². The SMILES string of the molecule is C/C=C/C(O)CCCCC(=O)SCCNC(=O)CCNC(=O)C(O)C(C)(C)COP(=O)(O)OP(=O)(O)OCC1OC(n2cnc3c(N)ncnc32)C(O)C1OP(=O)(O)O. The minimum atomic E-state index is -5.58. The Morgan fingerprint density at radius 1 is 1.03 bits per heavy atom. The third kappa shape index (κ3) is 16.6. The summed E-state index contributed by atoms with van der Waals surface area (Å²) in [7, 11) is -16.4. The van der Waals surface area contributed by atoms with Crippen LogP contribution in [0.3, 0.4) is 0 Å². The first-order valence-electron chi connectivity index (χ1n) is 17.8. The number of thioether (sulfide) groups is 1. The van der Waals surface area contributed by atoms with E-state index in [4.69, 9.17) is 19.5 Å². The third-order valence-corrected chi connectivity index (χ3v) is 12.3. The Morgan fingerprint density at radius 2 is 1.73 bits per heavy atom. The number of aromatic nitrogens is 4. The zero-order valence-corrected chi connectivity index (χ0v) is 35.6. The molecule has 3 rings (SSSR count). The summed E-state index contributed by atoms with van der Waals surface area (Å²) in [6.07, 6.45) is -1.85. The number of allylic oxidation sites excluding steroid dienone is 1. The average Bonchev–Trinajstić information content (AvgIpc) is 3.70. The number of nitrogens with two attached hydrogens (primary N) is 1. The van der Waals surface area contributed by atoms with Gasteiger partial charge in [-0.3, -0.25) is 32.5 Å². The second-order valence-electron chi connectivity index (χ2n) is 13.6. The van der Waals surface area contributed by atoms with E-state index >= 15 is 0 Å². The number of ether oxygens (including phenoxy) is 1. The van der Waals surface area contributed by atoms with Gasteiger partial charge in [-0.2, -0.15) is 4.31 Å². The van der Waals surface area contributed by atoms with E-state index in [1.54, 1.807) is 19.1 Å². The van der Waals surface area contributed by atoms with E-state index in [9.17, 15) is 63.0 Å². The van der Waals surface area contributed by atoms with Gasteiger partial charge in [-0.15, -0.1) is 0 Å². The highest BCUT2D eigenvalue weighted by Gasteiger charge is 2.50. The number of rotatable bonds is 25. The molecule has 29 heteroatoms. The van der Waals surface area contributed by atoms with E-state index < -0.39 is 90.7 Å². The number of phosphoric ester groups is 3. The molecule has 0 saturated carbocycles. The molecule has 2 aromatic rings. The Balaban J connectivity index is 1.43. The number of nitrogen functional groups attached to an aromatic ring is 1. The number of carbonyl (C=O) groups excluding carboxylic acids is 3. The molecule has 2 aromatic heterocycles. The number of imidazole rings is 1. The summed E-state index contributed by atoms with van der Waals surface area (Å²) < 4.78 is 62.1.